The molecule has 2 nitrogen and oxygen atoms in total. The molecule has 1 N–H and O–H groups in total. The molecule has 20 heavy (non-hydrogen) atoms. The highest BCUT2D eigenvalue weighted by Crippen LogP contribution is 2.22. The van der Waals surface area contributed by atoms with Crippen LogP contribution in [-0.2, 0) is 13.1 Å². The summed E-state index contributed by atoms with van der Waals surface area (Å²) in [6, 6.07) is 11.2. The Morgan fingerprint density at radius 1 is 1.00 bits per heavy atom. The largest absolute Gasteiger partial charge is 0.370 e. The van der Waals surface area contributed by atoms with Crippen molar-refractivity contribution in [1.29, 1.82) is 0 Å². The van der Waals surface area contributed by atoms with E-state index < -0.39 is 0 Å². The topological polar surface area (TPSA) is 15.3 Å². The summed E-state index contributed by atoms with van der Waals surface area (Å²) in [5.41, 5.74) is 2.87. The van der Waals surface area contributed by atoms with Crippen molar-refractivity contribution in [2.75, 3.05) is 19.0 Å². The first-order valence-corrected chi connectivity index (χ1v) is 6.49. The highest BCUT2D eigenvalue weighted by molar-refractivity contribution is 5.53. The maximum Gasteiger partial charge on any atom is 0.123 e. The van der Waals surface area contributed by atoms with Crippen molar-refractivity contribution in [3.63, 3.8) is 0 Å². The number of rotatable bonds is 5. The maximum absolute atomic E-state index is 13.3. The average Bonchev–Trinajstić information content (AvgIpc) is 2.42. The van der Waals surface area contributed by atoms with E-state index in [9.17, 15) is 8.78 Å². The second-order valence-electron chi connectivity index (χ2n) is 4.79. The van der Waals surface area contributed by atoms with Gasteiger partial charge in [0.1, 0.15) is 11.6 Å². The SMILES string of the molecule is CNCc1cc(F)ccc1N(C)Cc1ccc(F)cc1. The van der Waals surface area contributed by atoms with E-state index in [0.717, 1.165) is 16.8 Å². The van der Waals surface area contributed by atoms with Gasteiger partial charge in [-0.3, -0.25) is 0 Å². The van der Waals surface area contributed by atoms with Gasteiger partial charge in [0.05, 0.1) is 0 Å². The molecule has 0 radical (unpaired) electrons. The highest BCUT2D eigenvalue weighted by Gasteiger charge is 2.09. The molecule has 2 rings (SSSR count). The van der Waals surface area contributed by atoms with Crippen LogP contribution in [0.15, 0.2) is 42.5 Å². The lowest BCUT2D eigenvalue weighted by molar-refractivity contribution is 0.623. The van der Waals surface area contributed by atoms with E-state index in [2.05, 4.69) is 5.32 Å². The van der Waals surface area contributed by atoms with Crippen molar-refractivity contribution in [1.82, 2.24) is 5.32 Å². The predicted octanol–water partition coefficient (Wildman–Crippen LogP) is 3.32. The Balaban J connectivity index is 2.19. The molecule has 0 spiro atoms. The zero-order valence-electron chi connectivity index (χ0n) is 11.7. The fraction of sp³-hybridized carbons (Fsp3) is 0.250. The first-order chi connectivity index (χ1) is 9.60. The van der Waals surface area contributed by atoms with Crippen LogP contribution in [0.3, 0.4) is 0 Å². The van der Waals surface area contributed by atoms with E-state index in [0.29, 0.717) is 13.1 Å². The Labute approximate surface area is 118 Å². The van der Waals surface area contributed by atoms with E-state index in [1.807, 2.05) is 19.0 Å². The minimum Gasteiger partial charge on any atom is -0.370 e. The van der Waals surface area contributed by atoms with E-state index in [4.69, 9.17) is 0 Å². The van der Waals surface area contributed by atoms with Crippen LogP contribution in [0.5, 0.6) is 0 Å². The van der Waals surface area contributed by atoms with Crippen LogP contribution < -0.4 is 10.2 Å². The first-order valence-electron chi connectivity index (χ1n) is 6.49. The molecule has 0 atom stereocenters. The third-order valence-electron chi connectivity index (χ3n) is 3.15. The Bertz CT molecular complexity index is 567. The lowest BCUT2D eigenvalue weighted by atomic mass is 10.1. The second-order valence-corrected chi connectivity index (χ2v) is 4.79. The van der Waals surface area contributed by atoms with Gasteiger partial charge in [-0.2, -0.15) is 0 Å². The molecule has 0 fully saturated rings. The van der Waals surface area contributed by atoms with Crippen molar-refractivity contribution in [2.45, 2.75) is 13.1 Å². The van der Waals surface area contributed by atoms with Crippen LogP contribution in [-0.4, -0.2) is 14.1 Å². The number of benzene rings is 2. The molecule has 0 heterocycles. The van der Waals surface area contributed by atoms with Crippen LogP contribution in [0.1, 0.15) is 11.1 Å². The summed E-state index contributed by atoms with van der Waals surface area (Å²) in [7, 11) is 3.77. The number of nitrogens with zero attached hydrogens (tertiary/aromatic N) is 1. The monoisotopic (exact) mass is 276 g/mol. The third kappa shape index (κ3) is 3.54. The van der Waals surface area contributed by atoms with Gasteiger partial charge >= 0.3 is 0 Å². The number of anilines is 1. The molecule has 2 aromatic rings. The van der Waals surface area contributed by atoms with Crippen molar-refractivity contribution in [3.05, 3.63) is 65.2 Å². The molecule has 0 unspecified atom stereocenters. The number of hydrogen-bond acceptors (Lipinski definition) is 2. The molecule has 0 saturated heterocycles. The van der Waals surface area contributed by atoms with Crippen LogP contribution >= 0.6 is 0 Å². The standard InChI is InChI=1S/C16H18F2N2/c1-19-10-13-9-15(18)7-8-16(13)20(2)11-12-3-5-14(17)6-4-12/h3-9,19H,10-11H2,1-2H3. The van der Waals surface area contributed by atoms with E-state index in [-0.39, 0.29) is 11.6 Å². The van der Waals surface area contributed by atoms with Gasteiger partial charge in [0.15, 0.2) is 0 Å². The molecule has 0 amide bonds. The molecule has 0 aliphatic heterocycles. The van der Waals surface area contributed by atoms with Crippen LogP contribution in [0.4, 0.5) is 14.5 Å². The Hall–Kier alpha value is -1.94. The highest BCUT2D eigenvalue weighted by atomic mass is 19.1. The normalized spacial score (nSPS) is 10.6. The maximum atomic E-state index is 13.3. The Morgan fingerprint density at radius 3 is 2.30 bits per heavy atom. The van der Waals surface area contributed by atoms with Crippen LogP contribution in [0.25, 0.3) is 0 Å². The van der Waals surface area contributed by atoms with Crippen molar-refractivity contribution < 1.29 is 8.78 Å². The first kappa shape index (κ1) is 14.5. The van der Waals surface area contributed by atoms with Gasteiger partial charge in [0.25, 0.3) is 0 Å². The van der Waals surface area contributed by atoms with Gasteiger partial charge in [-0.05, 0) is 48.5 Å². The lowest BCUT2D eigenvalue weighted by Crippen LogP contribution is -2.19. The molecule has 0 aliphatic rings. The summed E-state index contributed by atoms with van der Waals surface area (Å²) in [5, 5.41) is 3.03. The average molecular weight is 276 g/mol. The summed E-state index contributed by atoms with van der Waals surface area (Å²) in [4.78, 5) is 2.03. The lowest BCUT2D eigenvalue weighted by Gasteiger charge is -2.22. The number of nitrogens with one attached hydrogen (secondary N) is 1. The smallest absolute Gasteiger partial charge is 0.123 e. The summed E-state index contributed by atoms with van der Waals surface area (Å²) >= 11 is 0. The van der Waals surface area contributed by atoms with Gasteiger partial charge in [-0.15, -0.1) is 0 Å². The van der Waals surface area contributed by atoms with E-state index >= 15 is 0 Å². The van der Waals surface area contributed by atoms with Gasteiger partial charge in [-0.1, -0.05) is 12.1 Å². The van der Waals surface area contributed by atoms with Crippen LogP contribution in [0.2, 0.25) is 0 Å². The third-order valence-corrected chi connectivity index (χ3v) is 3.15. The number of hydrogen-bond donors (Lipinski definition) is 1. The molecule has 4 heteroatoms. The Morgan fingerprint density at radius 2 is 1.65 bits per heavy atom. The van der Waals surface area contributed by atoms with Crippen molar-refractivity contribution >= 4 is 5.69 Å². The Kier molecular flexibility index (Phi) is 4.69. The van der Waals surface area contributed by atoms with E-state index in [1.54, 1.807) is 18.2 Å². The molecule has 106 valence electrons. The summed E-state index contributed by atoms with van der Waals surface area (Å²) in [6.45, 7) is 1.24. The van der Waals surface area contributed by atoms with Gasteiger partial charge in [-0.25, -0.2) is 8.78 Å². The summed E-state index contributed by atoms with van der Waals surface area (Å²) in [5.74, 6) is -0.483. The van der Waals surface area contributed by atoms with E-state index in [1.165, 1.54) is 24.3 Å². The minimum atomic E-state index is -0.242. The summed E-state index contributed by atoms with van der Waals surface area (Å²) < 4.78 is 26.2. The molecule has 0 saturated carbocycles. The van der Waals surface area contributed by atoms with Gasteiger partial charge in [0, 0.05) is 25.8 Å². The van der Waals surface area contributed by atoms with Crippen LogP contribution in [0, 0.1) is 11.6 Å². The molecule has 0 aromatic heterocycles. The molecular weight excluding hydrogens is 258 g/mol. The molecular formula is C16H18F2N2. The minimum absolute atomic E-state index is 0.241. The number of halogens is 2. The molecule has 0 bridgehead atoms. The molecule has 0 aliphatic carbocycles. The quantitative estimate of drug-likeness (QED) is 0.901. The van der Waals surface area contributed by atoms with Crippen molar-refractivity contribution in [3.8, 4) is 0 Å². The van der Waals surface area contributed by atoms with Crippen molar-refractivity contribution in [2.24, 2.45) is 0 Å². The fourth-order valence-corrected chi connectivity index (χ4v) is 2.21. The molecule has 2 aromatic carbocycles. The van der Waals surface area contributed by atoms with Gasteiger partial charge in [0.2, 0.25) is 0 Å². The second kappa shape index (κ2) is 6.48. The van der Waals surface area contributed by atoms with Gasteiger partial charge < -0.3 is 10.2 Å². The zero-order chi connectivity index (χ0) is 14.5. The predicted molar refractivity (Wildman–Crippen MR) is 77.7 cm³/mol. The fourth-order valence-electron chi connectivity index (χ4n) is 2.21. The zero-order valence-corrected chi connectivity index (χ0v) is 11.7. The summed E-state index contributed by atoms with van der Waals surface area (Å²) in [6.07, 6.45) is 0.